The average molecular weight is 379 g/mol. The highest BCUT2D eigenvalue weighted by atomic mass is 16.1. The number of piperidine rings is 1. The first-order valence-corrected chi connectivity index (χ1v) is 9.93. The van der Waals surface area contributed by atoms with Crippen molar-refractivity contribution in [3.05, 3.63) is 65.7 Å². The van der Waals surface area contributed by atoms with Gasteiger partial charge < -0.3 is 10.6 Å². The molecule has 28 heavy (non-hydrogen) atoms. The van der Waals surface area contributed by atoms with Crippen LogP contribution in [0.4, 0.5) is 5.69 Å². The number of hydrogen-bond donors (Lipinski definition) is 2. The smallest absolute Gasteiger partial charge is 0.255 e. The van der Waals surface area contributed by atoms with Crippen LogP contribution in [0.25, 0.3) is 0 Å². The first-order valence-electron chi connectivity index (χ1n) is 9.93. The number of anilines is 1. The Bertz CT molecular complexity index is 823. The van der Waals surface area contributed by atoms with E-state index >= 15 is 0 Å². The Morgan fingerprint density at radius 2 is 1.43 bits per heavy atom. The highest BCUT2D eigenvalue weighted by Crippen LogP contribution is 2.35. The van der Waals surface area contributed by atoms with Gasteiger partial charge in [-0.05, 0) is 70.7 Å². The van der Waals surface area contributed by atoms with Gasteiger partial charge in [-0.25, -0.2) is 0 Å². The molecular weight excluding hydrogens is 348 g/mol. The summed E-state index contributed by atoms with van der Waals surface area (Å²) in [5.41, 5.74) is 2.04. The van der Waals surface area contributed by atoms with Gasteiger partial charge in [0.1, 0.15) is 0 Å². The molecule has 1 heterocycles. The number of ketones is 1. The Morgan fingerprint density at radius 3 is 2.00 bits per heavy atom. The quantitative estimate of drug-likeness (QED) is 0.714. The van der Waals surface area contributed by atoms with Gasteiger partial charge in [-0.1, -0.05) is 30.3 Å². The predicted octanol–water partition coefficient (Wildman–Crippen LogP) is 5.07. The van der Waals surface area contributed by atoms with Gasteiger partial charge in [0.25, 0.3) is 5.91 Å². The molecule has 1 aliphatic rings. The maximum Gasteiger partial charge on any atom is 0.255 e. The van der Waals surface area contributed by atoms with Crippen LogP contribution in [-0.2, 0) is 0 Å². The number of carbonyl (C=O) groups excluding carboxylic acids is 2. The molecular formula is C24H30N2O2. The van der Waals surface area contributed by atoms with Crippen LogP contribution in [0.1, 0.15) is 67.7 Å². The van der Waals surface area contributed by atoms with Gasteiger partial charge in [-0.2, -0.15) is 0 Å². The molecule has 2 aromatic carbocycles. The lowest BCUT2D eigenvalue weighted by atomic mass is 9.74. The van der Waals surface area contributed by atoms with E-state index in [0.29, 0.717) is 23.5 Å². The zero-order valence-corrected chi connectivity index (χ0v) is 17.2. The summed E-state index contributed by atoms with van der Waals surface area (Å²) in [4.78, 5) is 25.1. The number of hydrogen-bond acceptors (Lipinski definition) is 3. The molecule has 2 N–H and O–H groups in total. The third-order valence-corrected chi connectivity index (χ3v) is 5.25. The van der Waals surface area contributed by atoms with Gasteiger partial charge in [0.15, 0.2) is 5.78 Å². The van der Waals surface area contributed by atoms with Crippen molar-refractivity contribution in [2.24, 2.45) is 5.92 Å². The fraction of sp³-hybridized carbons (Fsp3) is 0.417. The first kappa shape index (κ1) is 20.3. The number of nitrogens with one attached hydrogen (secondary N) is 2. The van der Waals surface area contributed by atoms with Crippen LogP contribution in [0.2, 0.25) is 0 Å². The molecule has 0 spiro atoms. The topological polar surface area (TPSA) is 58.2 Å². The van der Waals surface area contributed by atoms with Crippen LogP contribution in [0.5, 0.6) is 0 Å². The highest BCUT2D eigenvalue weighted by Gasteiger charge is 2.38. The van der Waals surface area contributed by atoms with E-state index in [0.717, 1.165) is 18.5 Å². The van der Waals surface area contributed by atoms with E-state index in [4.69, 9.17) is 0 Å². The minimum atomic E-state index is -0.174. The average Bonchev–Trinajstić information content (AvgIpc) is 2.60. The second kappa shape index (κ2) is 7.88. The third kappa shape index (κ3) is 5.29. The number of para-hydroxylation sites is 1. The molecule has 4 nitrogen and oxygen atoms in total. The minimum absolute atomic E-state index is 0.0338. The van der Waals surface area contributed by atoms with Crippen molar-refractivity contribution in [3.8, 4) is 0 Å². The van der Waals surface area contributed by atoms with Crippen molar-refractivity contribution in [3.63, 3.8) is 0 Å². The molecule has 2 aromatic rings. The Morgan fingerprint density at radius 1 is 0.893 bits per heavy atom. The predicted molar refractivity (Wildman–Crippen MR) is 114 cm³/mol. The van der Waals surface area contributed by atoms with Gasteiger partial charge >= 0.3 is 0 Å². The fourth-order valence-electron chi connectivity index (χ4n) is 4.59. The number of carbonyl (C=O) groups is 2. The lowest BCUT2D eigenvalue weighted by Gasteiger charge is -2.46. The lowest BCUT2D eigenvalue weighted by molar-refractivity contribution is 0.0863. The zero-order valence-electron chi connectivity index (χ0n) is 17.2. The second-order valence-corrected chi connectivity index (χ2v) is 9.19. The molecule has 0 aromatic heterocycles. The summed E-state index contributed by atoms with van der Waals surface area (Å²) in [5, 5.41) is 6.52. The van der Waals surface area contributed by atoms with Gasteiger partial charge in [-0.15, -0.1) is 0 Å². The maximum atomic E-state index is 12.8. The molecule has 3 rings (SSSR count). The molecule has 0 bridgehead atoms. The summed E-state index contributed by atoms with van der Waals surface area (Å²) in [5.74, 6) is 0.334. The highest BCUT2D eigenvalue weighted by molar-refractivity contribution is 6.05. The van der Waals surface area contributed by atoms with Crippen LogP contribution in [-0.4, -0.2) is 22.8 Å². The van der Waals surface area contributed by atoms with Crippen molar-refractivity contribution in [2.75, 3.05) is 5.32 Å². The van der Waals surface area contributed by atoms with E-state index in [1.54, 1.807) is 24.3 Å². The van der Waals surface area contributed by atoms with Crippen molar-refractivity contribution < 1.29 is 9.59 Å². The van der Waals surface area contributed by atoms with Crippen LogP contribution in [0.3, 0.4) is 0 Å². The van der Waals surface area contributed by atoms with Gasteiger partial charge in [0.05, 0.1) is 0 Å². The Labute approximate surface area is 167 Å². The van der Waals surface area contributed by atoms with Crippen LogP contribution in [0, 0.1) is 5.92 Å². The Hall–Kier alpha value is -2.46. The fourth-order valence-corrected chi connectivity index (χ4v) is 4.59. The third-order valence-electron chi connectivity index (χ3n) is 5.25. The van der Waals surface area contributed by atoms with Gasteiger partial charge in [0, 0.05) is 34.3 Å². The lowest BCUT2D eigenvalue weighted by Crippen LogP contribution is -2.57. The summed E-state index contributed by atoms with van der Waals surface area (Å²) in [6.07, 6.45) is 2.52. The number of Topliss-reactive ketones (excluding diaryl/α,β-unsaturated/α-hetero) is 1. The SMILES string of the molecule is CC1(C)CC(CC(=O)c2ccc(C(=O)Nc3ccccc3)cc2)CC(C)(C)N1. The van der Waals surface area contributed by atoms with Crippen molar-refractivity contribution >= 4 is 17.4 Å². The van der Waals surface area contributed by atoms with Crippen LogP contribution in [0.15, 0.2) is 54.6 Å². The standard InChI is InChI=1S/C24H30N2O2/c1-23(2)15-17(16-24(3,4)26-23)14-21(27)18-10-12-19(13-11-18)22(28)25-20-8-6-5-7-9-20/h5-13,17,26H,14-16H2,1-4H3,(H,25,28). The monoisotopic (exact) mass is 378 g/mol. The Kier molecular flexibility index (Phi) is 5.71. The number of rotatable bonds is 5. The van der Waals surface area contributed by atoms with E-state index in [2.05, 4.69) is 38.3 Å². The molecule has 0 saturated carbocycles. The van der Waals surface area contributed by atoms with E-state index in [9.17, 15) is 9.59 Å². The number of benzene rings is 2. The van der Waals surface area contributed by atoms with Crippen molar-refractivity contribution in [1.29, 1.82) is 0 Å². The Balaban J connectivity index is 1.63. The molecule has 0 radical (unpaired) electrons. The normalized spacial score (nSPS) is 18.4. The zero-order chi connectivity index (χ0) is 20.4. The molecule has 4 heteroatoms. The molecule has 1 aliphatic heterocycles. The van der Waals surface area contributed by atoms with E-state index in [1.165, 1.54) is 0 Å². The van der Waals surface area contributed by atoms with E-state index < -0.39 is 0 Å². The summed E-state index contributed by atoms with van der Waals surface area (Å²) in [6, 6.07) is 16.3. The molecule has 1 amide bonds. The molecule has 0 unspecified atom stereocenters. The summed E-state index contributed by atoms with van der Waals surface area (Å²) in [7, 11) is 0. The van der Waals surface area contributed by atoms with Gasteiger partial charge in [0.2, 0.25) is 0 Å². The summed E-state index contributed by atoms with van der Waals surface area (Å²) in [6.45, 7) is 8.80. The molecule has 0 atom stereocenters. The maximum absolute atomic E-state index is 12.8. The first-order chi connectivity index (χ1) is 13.1. The summed E-state index contributed by atoms with van der Waals surface area (Å²) >= 11 is 0. The van der Waals surface area contributed by atoms with Crippen LogP contribution < -0.4 is 10.6 Å². The second-order valence-electron chi connectivity index (χ2n) is 9.19. The van der Waals surface area contributed by atoms with Crippen molar-refractivity contribution in [1.82, 2.24) is 5.32 Å². The molecule has 0 aliphatic carbocycles. The minimum Gasteiger partial charge on any atom is -0.322 e. The summed E-state index contributed by atoms with van der Waals surface area (Å²) < 4.78 is 0. The van der Waals surface area contributed by atoms with Gasteiger partial charge in [-0.3, -0.25) is 9.59 Å². The van der Waals surface area contributed by atoms with E-state index in [-0.39, 0.29) is 22.8 Å². The number of amides is 1. The molecule has 148 valence electrons. The van der Waals surface area contributed by atoms with Crippen molar-refractivity contribution in [2.45, 2.75) is 58.0 Å². The largest absolute Gasteiger partial charge is 0.322 e. The van der Waals surface area contributed by atoms with E-state index in [1.807, 2.05) is 30.3 Å². The molecule has 1 fully saturated rings. The molecule has 1 saturated heterocycles. The van der Waals surface area contributed by atoms with Crippen LogP contribution >= 0.6 is 0 Å².